The Morgan fingerprint density at radius 2 is 2.00 bits per heavy atom. The molecule has 3 heterocycles. The van der Waals surface area contributed by atoms with Crippen molar-refractivity contribution in [2.45, 2.75) is 45.1 Å². The number of carbonyl (C=O) groups excluding carboxylic acids is 1. The van der Waals surface area contributed by atoms with Gasteiger partial charge in [0.25, 0.3) is 5.91 Å². The fourth-order valence-electron chi connectivity index (χ4n) is 4.26. The SMILES string of the molecule is Cc1c(Cl)cccc1NC(=O)c1cc(C2CC2)nc2c1c(C)nn2[C@H]1CCS(=O)(=O)C1. The molecule has 1 saturated heterocycles. The van der Waals surface area contributed by atoms with Crippen LogP contribution in [0.4, 0.5) is 5.69 Å². The molecule has 3 aromatic rings. The quantitative estimate of drug-likeness (QED) is 0.632. The maximum Gasteiger partial charge on any atom is 0.256 e. The van der Waals surface area contributed by atoms with Gasteiger partial charge in [-0.05, 0) is 56.9 Å². The molecule has 2 aliphatic rings. The van der Waals surface area contributed by atoms with E-state index in [2.05, 4.69) is 10.4 Å². The van der Waals surface area contributed by atoms with Crippen LogP contribution < -0.4 is 5.32 Å². The van der Waals surface area contributed by atoms with E-state index in [1.165, 1.54) is 0 Å². The van der Waals surface area contributed by atoms with Gasteiger partial charge in [0.1, 0.15) is 0 Å². The normalized spacial score (nSPS) is 20.3. The Hall–Kier alpha value is -2.45. The molecule has 1 atom stereocenters. The van der Waals surface area contributed by atoms with Crippen molar-refractivity contribution >= 4 is 44.1 Å². The number of halogens is 1. The Kier molecular flexibility index (Phi) is 4.82. The molecule has 5 rings (SSSR count). The zero-order chi connectivity index (χ0) is 21.9. The number of nitrogens with one attached hydrogen (secondary N) is 1. The number of aromatic nitrogens is 3. The van der Waals surface area contributed by atoms with Gasteiger partial charge in [-0.15, -0.1) is 0 Å². The zero-order valence-electron chi connectivity index (χ0n) is 17.4. The monoisotopic (exact) mass is 458 g/mol. The van der Waals surface area contributed by atoms with Crippen LogP contribution in [0.15, 0.2) is 24.3 Å². The lowest BCUT2D eigenvalue weighted by atomic mass is 10.1. The first-order valence-corrected chi connectivity index (χ1v) is 12.6. The van der Waals surface area contributed by atoms with Crippen molar-refractivity contribution in [3.05, 3.63) is 51.8 Å². The molecule has 1 amide bonds. The third-order valence-corrected chi connectivity index (χ3v) is 8.33. The van der Waals surface area contributed by atoms with Gasteiger partial charge in [-0.25, -0.2) is 18.1 Å². The Morgan fingerprint density at radius 1 is 1.23 bits per heavy atom. The number of anilines is 1. The highest BCUT2D eigenvalue weighted by molar-refractivity contribution is 7.91. The number of rotatable bonds is 4. The summed E-state index contributed by atoms with van der Waals surface area (Å²) in [7, 11) is -3.07. The summed E-state index contributed by atoms with van der Waals surface area (Å²) in [6.07, 6.45) is 2.59. The van der Waals surface area contributed by atoms with Gasteiger partial charge in [0.15, 0.2) is 15.5 Å². The number of amides is 1. The summed E-state index contributed by atoms with van der Waals surface area (Å²) in [4.78, 5) is 18.2. The molecule has 7 nitrogen and oxygen atoms in total. The van der Waals surface area contributed by atoms with Gasteiger partial charge in [0.2, 0.25) is 0 Å². The number of fused-ring (bicyclic) bond motifs is 1. The molecule has 2 aromatic heterocycles. The zero-order valence-corrected chi connectivity index (χ0v) is 18.9. The number of sulfone groups is 1. The third-order valence-electron chi connectivity index (χ3n) is 6.17. The predicted octanol–water partition coefficient (Wildman–Crippen LogP) is 4.19. The number of hydrogen-bond donors (Lipinski definition) is 1. The van der Waals surface area contributed by atoms with Crippen LogP contribution in [0.1, 0.15) is 58.5 Å². The standard InChI is InChI=1S/C22H23ClN4O3S/c1-12-17(23)4-3-5-18(12)25-22(28)16-10-19(14-6-7-14)24-21-20(16)13(2)26-27(21)15-8-9-31(29,30)11-15/h3-5,10,14-15H,6-9,11H2,1-2H3,(H,25,28)/t15-/m0/s1. The summed E-state index contributed by atoms with van der Waals surface area (Å²) < 4.78 is 25.8. The van der Waals surface area contributed by atoms with Crippen LogP contribution in [-0.2, 0) is 9.84 Å². The van der Waals surface area contributed by atoms with Gasteiger partial charge in [-0.2, -0.15) is 5.10 Å². The van der Waals surface area contributed by atoms with Crippen LogP contribution in [0, 0.1) is 13.8 Å². The van der Waals surface area contributed by atoms with Crippen LogP contribution in [-0.4, -0.2) is 40.6 Å². The molecule has 2 fully saturated rings. The predicted molar refractivity (Wildman–Crippen MR) is 121 cm³/mol. The molecular weight excluding hydrogens is 436 g/mol. The van der Waals surface area contributed by atoms with E-state index in [1.54, 1.807) is 16.8 Å². The average molecular weight is 459 g/mol. The molecule has 0 spiro atoms. The first-order valence-electron chi connectivity index (χ1n) is 10.4. The Labute approximate surface area is 185 Å². The average Bonchev–Trinajstić information content (AvgIpc) is 3.44. The Bertz CT molecular complexity index is 1330. The van der Waals surface area contributed by atoms with Crippen molar-refractivity contribution < 1.29 is 13.2 Å². The summed E-state index contributed by atoms with van der Waals surface area (Å²) in [6, 6.07) is 7.01. The van der Waals surface area contributed by atoms with E-state index in [9.17, 15) is 13.2 Å². The molecule has 0 radical (unpaired) electrons. The van der Waals surface area contributed by atoms with Crippen LogP contribution in [0.25, 0.3) is 11.0 Å². The summed E-state index contributed by atoms with van der Waals surface area (Å²) in [5.74, 6) is 0.296. The third kappa shape index (κ3) is 3.72. The highest BCUT2D eigenvalue weighted by Crippen LogP contribution is 2.41. The van der Waals surface area contributed by atoms with Gasteiger partial charge in [-0.3, -0.25) is 4.79 Å². The van der Waals surface area contributed by atoms with Crippen molar-refractivity contribution in [1.82, 2.24) is 14.8 Å². The van der Waals surface area contributed by atoms with Crippen molar-refractivity contribution in [3.8, 4) is 0 Å². The van der Waals surface area contributed by atoms with E-state index in [4.69, 9.17) is 16.6 Å². The van der Waals surface area contributed by atoms with Gasteiger partial charge >= 0.3 is 0 Å². The summed E-state index contributed by atoms with van der Waals surface area (Å²) in [5, 5.41) is 8.87. The highest BCUT2D eigenvalue weighted by atomic mass is 35.5. The number of benzene rings is 1. The highest BCUT2D eigenvalue weighted by Gasteiger charge is 2.34. The fourth-order valence-corrected chi connectivity index (χ4v) is 6.12. The molecule has 162 valence electrons. The van der Waals surface area contributed by atoms with E-state index in [-0.39, 0.29) is 23.5 Å². The van der Waals surface area contributed by atoms with E-state index < -0.39 is 9.84 Å². The van der Waals surface area contributed by atoms with E-state index >= 15 is 0 Å². The summed E-state index contributed by atoms with van der Waals surface area (Å²) in [5.41, 5.74) is 4.09. The second kappa shape index (κ2) is 7.31. The smallest absolute Gasteiger partial charge is 0.256 e. The lowest BCUT2D eigenvalue weighted by Gasteiger charge is -2.13. The first kappa shape index (κ1) is 20.5. The topological polar surface area (TPSA) is 93.9 Å². The minimum absolute atomic E-state index is 0.0573. The molecule has 1 aliphatic heterocycles. The molecular formula is C22H23ClN4O3S. The van der Waals surface area contributed by atoms with Gasteiger partial charge in [0.05, 0.1) is 34.2 Å². The molecule has 31 heavy (non-hydrogen) atoms. The summed E-state index contributed by atoms with van der Waals surface area (Å²) >= 11 is 6.21. The maximum atomic E-state index is 13.4. The molecule has 9 heteroatoms. The van der Waals surface area contributed by atoms with E-state index in [0.29, 0.717) is 45.3 Å². The van der Waals surface area contributed by atoms with Gasteiger partial charge in [0, 0.05) is 22.3 Å². The van der Waals surface area contributed by atoms with Crippen LogP contribution in [0.5, 0.6) is 0 Å². The molecule has 0 bridgehead atoms. The van der Waals surface area contributed by atoms with Crippen molar-refractivity contribution in [3.63, 3.8) is 0 Å². The first-order chi connectivity index (χ1) is 14.7. The largest absolute Gasteiger partial charge is 0.322 e. The number of hydrogen-bond acceptors (Lipinski definition) is 5. The molecule has 1 saturated carbocycles. The second-order valence-corrected chi connectivity index (χ2v) is 11.2. The molecule has 1 aromatic carbocycles. The number of pyridine rings is 1. The summed E-state index contributed by atoms with van der Waals surface area (Å²) in [6.45, 7) is 3.70. The minimum atomic E-state index is -3.07. The Balaban J connectivity index is 1.62. The van der Waals surface area contributed by atoms with E-state index in [1.807, 2.05) is 26.0 Å². The second-order valence-electron chi connectivity index (χ2n) is 8.52. The van der Waals surface area contributed by atoms with Crippen molar-refractivity contribution in [2.75, 3.05) is 16.8 Å². The molecule has 0 unspecified atom stereocenters. The Morgan fingerprint density at radius 3 is 2.68 bits per heavy atom. The fraction of sp³-hybridized carbons (Fsp3) is 0.409. The number of carbonyl (C=O) groups is 1. The van der Waals surface area contributed by atoms with Crippen molar-refractivity contribution in [1.29, 1.82) is 0 Å². The lowest BCUT2D eigenvalue weighted by molar-refractivity contribution is 0.102. The van der Waals surface area contributed by atoms with Crippen molar-refractivity contribution in [2.24, 2.45) is 0 Å². The van der Waals surface area contributed by atoms with E-state index in [0.717, 1.165) is 24.1 Å². The lowest BCUT2D eigenvalue weighted by Crippen LogP contribution is -2.16. The van der Waals surface area contributed by atoms with Crippen LogP contribution in [0.2, 0.25) is 5.02 Å². The maximum absolute atomic E-state index is 13.4. The minimum Gasteiger partial charge on any atom is -0.322 e. The van der Waals surface area contributed by atoms with Crippen LogP contribution >= 0.6 is 11.6 Å². The number of aryl methyl sites for hydroxylation is 1. The van der Waals surface area contributed by atoms with Gasteiger partial charge in [-0.1, -0.05) is 17.7 Å². The molecule has 1 aliphatic carbocycles. The van der Waals surface area contributed by atoms with Gasteiger partial charge < -0.3 is 5.32 Å². The molecule has 1 N–H and O–H groups in total. The van der Waals surface area contributed by atoms with Crippen LogP contribution in [0.3, 0.4) is 0 Å². The number of nitrogens with zero attached hydrogens (tertiary/aromatic N) is 3.